The van der Waals surface area contributed by atoms with Crippen molar-refractivity contribution in [1.29, 1.82) is 0 Å². The van der Waals surface area contributed by atoms with Crippen LogP contribution in [0.25, 0.3) is 5.57 Å². The molecule has 0 bridgehead atoms. The second-order valence-corrected chi connectivity index (χ2v) is 8.76. The largest absolute Gasteiger partial charge is 0.462 e. The number of carbonyl (C=O) groups excluding carboxylic acids is 1. The maximum Gasteiger partial charge on any atom is 0.338 e. The number of benzene rings is 2. The van der Waals surface area contributed by atoms with E-state index in [4.69, 9.17) is 16.3 Å². The SMILES string of the molecule is CCOC(=O)c1ccc(N2CCN(CC3=C(c4ccc(Cl)cc4)CCCC3)CC2)cc1. The van der Waals surface area contributed by atoms with Crippen LogP contribution in [0.15, 0.2) is 54.1 Å². The molecule has 0 unspecified atom stereocenters. The van der Waals surface area contributed by atoms with E-state index in [9.17, 15) is 4.79 Å². The molecule has 4 rings (SSSR count). The third kappa shape index (κ3) is 5.50. The third-order valence-electron chi connectivity index (χ3n) is 6.31. The molecule has 0 saturated carbocycles. The van der Waals surface area contributed by atoms with Crippen LogP contribution in [0, 0.1) is 0 Å². The lowest BCUT2D eigenvalue weighted by Gasteiger charge is -2.37. The van der Waals surface area contributed by atoms with Crippen LogP contribution in [0.3, 0.4) is 0 Å². The lowest BCUT2D eigenvalue weighted by atomic mass is 9.87. The van der Waals surface area contributed by atoms with Crippen molar-refractivity contribution in [1.82, 2.24) is 4.90 Å². The Morgan fingerprint density at radius 1 is 0.935 bits per heavy atom. The highest BCUT2D eigenvalue weighted by molar-refractivity contribution is 6.30. The van der Waals surface area contributed by atoms with Crippen LogP contribution < -0.4 is 4.90 Å². The molecule has 0 aromatic heterocycles. The number of hydrogen-bond acceptors (Lipinski definition) is 4. The minimum atomic E-state index is -0.254. The number of halogens is 1. The number of hydrogen-bond donors (Lipinski definition) is 0. The van der Waals surface area contributed by atoms with Crippen LogP contribution in [-0.4, -0.2) is 50.2 Å². The summed E-state index contributed by atoms with van der Waals surface area (Å²) < 4.78 is 5.08. The molecule has 1 aliphatic heterocycles. The Bertz CT molecular complexity index is 913. The van der Waals surface area contributed by atoms with Crippen molar-refractivity contribution >= 4 is 28.8 Å². The van der Waals surface area contributed by atoms with Crippen molar-refractivity contribution < 1.29 is 9.53 Å². The molecule has 2 aromatic rings. The van der Waals surface area contributed by atoms with Gasteiger partial charge in [0.15, 0.2) is 0 Å². The van der Waals surface area contributed by atoms with Gasteiger partial charge in [0.1, 0.15) is 0 Å². The van der Waals surface area contributed by atoms with Gasteiger partial charge in [0.2, 0.25) is 0 Å². The van der Waals surface area contributed by atoms with Gasteiger partial charge in [-0.2, -0.15) is 0 Å². The van der Waals surface area contributed by atoms with Gasteiger partial charge < -0.3 is 9.64 Å². The first-order valence-electron chi connectivity index (χ1n) is 11.4. The molecular formula is C26H31ClN2O2. The zero-order chi connectivity index (χ0) is 21.6. The highest BCUT2D eigenvalue weighted by atomic mass is 35.5. The van der Waals surface area contributed by atoms with Gasteiger partial charge in [-0.25, -0.2) is 4.79 Å². The summed E-state index contributed by atoms with van der Waals surface area (Å²) in [6.45, 7) is 7.40. The predicted molar refractivity (Wildman–Crippen MR) is 128 cm³/mol. The summed E-state index contributed by atoms with van der Waals surface area (Å²) in [7, 11) is 0. The van der Waals surface area contributed by atoms with Gasteiger partial charge in [-0.3, -0.25) is 4.90 Å². The number of nitrogens with zero attached hydrogens (tertiary/aromatic N) is 2. The molecule has 164 valence electrons. The van der Waals surface area contributed by atoms with Gasteiger partial charge in [0, 0.05) is 43.4 Å². The van der Waals surface area contributed by atoms with Crippen LogP contribution >= 0.6 is 11.6 Å². The Morgan fingerprint density at radius 2 is 1.61 bits per heavy atom. The average molecular weight is 439 g/mol. The number of piperazine rings is 1. The van der Waals surface area contributed by atoms with E-state index in [-0.39, 0.29) is 5.97 Å². The molecule has 1 fully saturated rings. The van der Waals surface area contributed by atoms with Crippen LogP contribution in [0.5, 0.6) is 0 Å². The highest BCUT2D eigenvalue weighted by Crippen LogP contribution is 2.33. The first-order valence-corrected chi connectivity index (χ1v) is 11.7. The summed E-state index contributed by atoms with van der Waals surface area (Å²) in [5.41, 5.74) is 6.25. The van der Waals surface area contributed by atoms with Gasteiger partial charge in [0.25, 0.3) is 0 Å². The summed E-state index contributed by atoms with van der Waals surface area (Å²) in [6, 6.07) is 16.1. The Morgan fingerprint density at radius 3 is 2.29 bits per heavy atom. The summed E-state index contributed by atoms with van der Waals surface area (Å²) >= 11 is 6.09. The maximum atomic E-state index is 11.9. The van der Waals surface area contributed by atoms with Crippen molar-refractivity contribution in [3.63, 3.8) is 0 Å². The smallest absolute Gasteiger partial charge is 0.338 e. The Balaban J connectivity index is 1.37. The summed E-state index contributed by atoms with van der Waals surface area (Å²) in [5, 5.41) is 0.799. The fourth-order valence-corrected chi connectivity index (χ4v) is 4.72. The lowest BCUT2D eigenvalue weighted by Crippen LogP contribution is -2.47. The quantitative estimate of drug-likeness (QED) is 0.544. The molecule has 0 N–H and O–H groups in total. The number of rotatable bonds is 6. The molecule has 2 aromatic carbocycles. The van der Waals surface area contributed by atoms with E-state index >= 15 is 0 Å². The number of allylic oxidation sites excluding steroid dienone is 1. The van der Waals surface area contributed by atoms with Crippen LogP contribution in [0.2, 0.25) is 5.02 Å². The second kappa shape index (κ2) is 10.3. The predicted octanol–water partition coefficient (Wildman–Crippen LogP) is 5.67. The van der Waals surface area contributed by atoms with Crippen LogP contribution in [0.1, 0.15) is 48.5 Å². The summed E-state index contributed by atoms with van der Waals surface area (Å²) in [4.78, 5) is 16.8. The monoisotopic (exact) mass is 438 g/mol. The van der Waals surface area contributed by atoms with E-state index in [1.807, 2.05) is 43.3 Å². The third-order valence-corrected chi connectivity index (χ3v) is 6.56. The first kappa shape index (κ1) is 21.9. The van der Waals surface area contributed by atoms with E-state index in [1.165, 1.54) is 42.5 Å². The summed E-state index contributed by atoms with van der Waals surface area (Å²) in [5.74, 6) is -0.254. The Labute approximate surface area is 190 Å². The molecule has 0 radical (unpaired) electrons. The fourth-order valence-electron chi connectivity index (χ4n) is 4.60. The standard InChI is InChI=1S/C26H31ClN2O2/c1-2-31-26(30)21-9-13-24(14-10-21)29-17-15-28(16-18-29)19-22-5-3-4-6-25(22)20-7-11-23(27)12-8-20/h7-14H,2-6,15-19H2,1H3. The molecule has 0 atom stereocenters. The minimum Gasteiger partial charge on any atom is -0.462 e. The van der Waals surface area contributed by atoms with E-state index in [0.717, 1.165) is 37.7 Å². The maximum absolute atomic E-state index is 11.9. The van der Waals surface area contributed by atoms with E-state index in [0.29, 0.717) is 12.2 Å². The number of ether oxygens (including phenoxy) is 1. The van der Waals surface area contributed by atoms with Gasteiger partial charge in [0.05, 0.1) is 12.2 Å². The van der Waals surface area contributed by atoms with Crippen molar-refractivity contribution in [2.24, 2.45) is 0 Å². The summed E-state index contributed by atoms with van der Waals surface area (Å²) in [6.07, 6.45) is 4.94. The van der Waals surface area contributed by atoms with Crippen molar-refractivity contribution in [3.8, 4) is 0 Å². The van der Waals surface area contributed by atoms with Crippen molar-refractivity contribution in [2.45, 2.75) is 32.6 Å². The Kier molecular flexibility index (Phi) is 7.31. The zero-order valence-corrected chi connectivity index (χ0v) is 19.0. The molecule has 1 saturated heterocycles. The van der Waals surface area contributed by atoms with Crippen molar-refractivity contribution in [3.05, 3.63) is 70.3 Å². The fraction of sp³-hybridized carbons (Fsp3) is 0.423. The molecule has 1 aliphatic carbocycles. The van der Waals surface area contributed by atoms with Gasteiger partial charge in [-0.05, 0) is 80.1 Å². The minimum absolute atomic E-state index is 0.254. The Hall–Kier alpha value is -2.30. The molecule has 0 spiro atoms. The zero-order valence-electron chi connectivity index (χ0n) is 18.3. The molecule has 0 amide bonds. The van der Waals surface area contributed by atoms with E-state index in [1.54, 1.807) is 5.57 Å². The topological polar surface area (TPSA) is 32.8 Å². The van der Waals surface area contributed by atoms with Crippen molar-refractivity contribution in [2.75, 3.05) is 44.2 Å². The average Bonchev–Trinajstić information content (AvgIpc) is 2.81. The molecule has 31 heavy (non-hydrogen) atoms. The highest BCUT2D eigenvalue weighted by Gasteiger charge is 2.21. The number of carbonyl (C=O) groups is 1. The first-order chi connectivity index (χ1) is 15.1. The van der Waals surface area contributed by atoms with Gasteiger partial charge in [-0.15, -0.1) is 0 Å². The normalized spacial score (nSPS) is 17.7. The molecule has 1 heterocycles. The van der Waals surface area contributed by atoms with Gasteiger partial charge in [-0.1, -0.05) is 29.3 Å². The lowest BCUT2D eigenvalue weighted by molar-refractivity contribution is 0.0526. The van der Waals surface area contributed by atoms with Crippen LogP contribution in [0.4, 0.5) is 5.69 Å². The second-order valence-electron chi connectivity index (χ2n) is 8.33. The molecule has 5 heteroatoms. The molecule has 2 aliphatic rings. The van der Waals surface area contributed by atoms with Crippen LogP contribution in [-0.2, 0) is 4.74 Å². The number of esters is 1. The van der Waals surface area contributed by atoms with E-state index in [2.05, 4.69) is 21.9 Å². The van der Waals surface area contributed by atoms with E-state index < -0.39 is 0 Å². The molecular weight excluding hydrogens is 408 g/mol. The molecule has 4 nitrogen and oxygen atoms in total. The number of anilines is 1. The van der Waals surface area contributed by atoms with Gasteiger partial charge >= 0.3 is 5.97 Å².